The number of nitrogens with one attached hydrogen (secondary N) is 1. The number of thioether (sulfide) groups is 1. The summed E-state index contributed by atoms with van der Waals surface area (Å²) in [5.74, 6) is 1.11. The minimum absolute atomic E-state index is 0.539. The van der Waals surface area contributed by atoms with E-state index in [0.717, 1.165) is 17.5 Å². The Bertz CT molecular complexity index is 375. The van der Waals surface area contributed by atoms with Gasteiger partial charge in [0.05, 0.1) is 6.04 Å². The predicted octanol–water partition coefficient (Wildman–Crippen LogP) is 3.05. The van der Waals surface area contributed by atoms with Crippen LogP contribution in [-0.2, 0) is 0 Å². The van der Waals surface area contributed by atoms with Gasteiger partial charge in [0, 0.05) is 11.8 Å². The van der Waals surface area contributed by atoms with Crippen LogP contribution in [0.3, 0.4) is 0 Å². The average molecular weight is 297 g/mol. The molecular weight excluding hydrogens is 270 g/mol. The highest BCUT2D eigenvalue weighted by molar-refractivity contribution is 7.99. The normalized spacial score (nSPS) is 17.7. The standard InChI is InChI=1S/C14H27N5S/c1-3-12(15-4-2)8-7-11-20-14-16-17-18-19(14)13-9-5-6-10-13/h12-13,15H,3-11H2,1-2H3. The summed E-state index contributed by atoms with van der Waals surface area (Å²) in [6, 6.07) is 1.20. The van der Waals surface area contributed by atoms with Crippen LogP contribution in [0.4, 0.5) is 0 Å². The molecule has 0 bridgehead atoms. The van der Waals surface area contributed by atoms with Gasteiger partial charge < -0.3 is 5.32 Å². The van der Waals surface area contributed by atoms with Crippen molar-refractivity contribution in [3.63, 3.8) is 0 Å². The molecule has 0 amide bonds. The second-order valence-electron chi connectivity index (χ2n) is 5.50. The Morgan fingerprint density at radius 3 is 2.85 bits per heavy atom. The molecule has 1 unspecified atom stereocenters. The molecule has 2 rings (SSSR count). The minimum atomic E-state index is 0.539. The van der Waals surface area contributed by atoms with Crippen molar-refractivity contribution in [1.29, 1.82) is 0 Å². The van der Waals surface area contributed by atoms with Gasteiger partial charge in [0.15, 0.2) is 0 Å². The van der Waals surface area contributed by atoms with Crippen LogP contribution in [0.2, 0.25) is 0 Å². The number of tetrazole rings is 1. The van der Waals surface area contributed by atoms with Gasteiger partial charge in [0.1, 0.15) is 0 Å². The Labute approximate surface area is 126 Å². The lowest BCUT2D eigenvalue weighted by atomic mass is 10.1. The monoisotopic (exact) mass is 297 g/mol. The van der Waals surface area contributed by atoms with Gasteiger partial charge in [-0.25, -0.2) is 4.68 Å². The number of hydrogen-bond acceptors (Lipinski definition) is 5. The Balaban J connectivity index is 1.73. The van der Waals surface area contributed by atoms with Gasteiger partial charge in [-0.15, -0.1) is 5.10 Å². The Kier molecular flexibility index (Phi) is 6.79. The van der Waals surface area contributed by atoms with Gasteiger partial charge in [-0.05, 0) is 49.1 Å². The number of hydrogen-bond donors (Lipinski definition) is 1. The topological polar surface area (TPSA) is 55.6 Å². The van der Waals surface area contributed by atoms with Crippen LogP contribution in [0.25, 0.3) is 0 Å². The van der Waals surface area contributed by atoms with Crippen LogP contribution in [0, 0.1) is 0 Å². The zero-order valence-corrected chi connectivity index (χ0v) is 13.5. The minimum Gasteiger partial charge on any atom is -0.314 e. The predicted molar refractivity (Wildman–Crippen MR) is 83.0 cm³/mol. The van der Waals surface area contributed by atoms with E-state index < -0.39 is 0 Å². The molecule has 0 saturated heterocycles. The smallest absolute Gasteiger partial charge is 0.209 e. The largest absolute Gasteiger partial charge is 0.314 e. The molecule has 0 aliphatic heterocycles. The molecule has 1 aromatic rings. The van der Waals surface area contributed by atoms with E-state index in [9.17, 15) is 0 Å². The molecule has 114 valence electrons. The van der Waals surface area contributed by atoms with E-state index in [0.29, 0.717) is 12.1 Å². The van der Waals surface area contributed by atoms with Crippen molar-refractivity contribution in [1.82, 2.24) is 25.5 Å². The van der Waals surface area contributed by atoms with E-state index in [4.69, 9.17) is 0 Å². The number of rotatable bonds is 9. The molecule has 1 saturated carbocycles. The van der Waals surface area contributed by atoms with E-state index in [1.54, 1.807) is 0 Å². The van der Waals surface area contributed by atoms with E-state index in [-0.39, 0.29) is 0 Å². The van der Waals surface area contributed by atoms with Crippen LogP contribution in [0.15, 0.2) is 5.16 Å². The first-order chi connectivity index (χ1) is 9.85. The summed E-state index contributed by atoms with van der Waals surface area (Å²) in [4.78, 5) is 0. The summed E-state index contributed by atoms with van der Waals surface area (Å²) in [5.41, 5.74) is 0. The van der Waals surface area contributed by atoms with Crippen molar-refractivity contribution in [2.45, 2.75) is 76.0 Å². The zero-order chi connectivity index (χ0) is 14.2. The van der Waals surface area contributed by atoms with Crippen LogP contribution in [0.5, 0.6) is 0 Å². The lowest BCUT2D eigenvalue weighted by Crippen LogP contribution is -2.28. The average Bonchev–Trinajstić information content (AvgIpc) is 3.12. The third kappa shape index (κ3) is 4.45. The van der Waals surface area contributed by atoms with E-state index in [1.807, 2.05) is 11.8 Å². The molecule has 1 atom stereocenters. The molecular formula is C14H27N5S. The molecule has 1 aliphatic rings. The maximum atomic E-state index is 4.18. The second kappa shape index (κ2) is 8.62. The molecule has 1 aliphatic carbocycles. The van der Waals surface area contributed by atoms with E-state index in [1.165, 1.54) is 44.9 Å². The molecule has 5 nitrogen and oxygen atoms in total. The quantitative estimate of drug-likeness (QED) is 0.561. The Morgan fingerprint density at radius 1 is 1.35 bits per heavy atom. The van der Waals surface area contributed by atoms with Gasteiger partial charge in [-0.3, -0.25) is 0 Å². The maximum Gasteiger partial charge on any atom is 0.209 e. The fourth-order valence-electron chi connectivity index (χ4n) is 2.89. The summed E-state index contributed by atoms with van der Waals surface area (Å²) >= 11 is 1.81. The first-order valence-electron chi connectivity index (χ1n) is 7.99. The van der Waals surface area contributed by atoms with E-state index >= 15 is 0 Å². The molecule has 0 aromatic carbocycles. The second-order valence-corrected chi connectivity index (χ2v) is 6.56. The number of aromatic nitrogens is 4. The summed E-state index contributed by atoms with van der Waals surface area (Å²) in [6.07, 6.45) is 8.76. The van der Waals surface area contributed by atoms with Crippen molar-refractivity contribution in [2.75, 3.05) is 12.3 Å². The van der Waals surface area contributed by atoms with Crippen LogP contribution in [0.1, 0.15) is 64.8 Å². The van der Waals surface area contributed by atoms with Gasteiger partial charge in [-0.1, -0.05) is 38.5 Å². The third-order valence-corrected chi connectivity index (χ3v) is 5.07. The highest BCUT2D eigenvalue weighted by Crippen LogP contribution is 2.31. The number of nitrogens with zero attached hydrogens (tertiary/aromatic N) is 4. The first-order valence-corrected chi connectivity index (χ1v) is 8.97. The third-order valence-electron chi connectivity index (χ3n) is 4.05. The summed E-state index contributed by atoms with van der Waals surface area (Å²) in [7, 11) is 0. The van der Waals surface area contributed by atoms with Crippen molar-refractivity contribution >= 4 is 11.8 Å². The van der Waals surface area contributed by atoms with Crippen LogP contribution < -0.4 is 5.32 Å². The maximum absolute atomic E-state index is 4.18. The molecule has 20 heavy (non-hydrogen) atoms. The lowest BCUT2D eigenvalue weighted by molar-refractivity contribution is 0.423. The zero-order valence-electron chi connectivity index (χ0n) is 12.7. The van der Waals surface area contributed by atoms with Gasteiger partial charge in [0.2, 0.25) is 5.16 Å². The summed E-state index contributed by atoms with van der Waals surface area (Å²) in [6.45, 7) is 5.49. The summed E-state index contributed by atoms with van der Waals surface area (Å²) in [5, 5.41) is 16.8. The molecule has 0 radical (unpaired) electrons. The van der Waals surface area contributed by atoms with Crippen molar-refractivity contribution in [3.8, 4) is 0 Å². The molecule has 1 fully saturated rings. The van der Waals surface area contributed by atoms with Crippen molar-refractivity contribution in [2.24, 2.45) is 0 Å². The highest BCUT2D eigenvalue weighted by Gasteiger charge is 2.21. The van der Waals surface area contributed by atoms with Crippen LogP contribution >= 0.6 is 11.8 Å². The highest BCUT2D eigenvalue weighted by atomic mass is 32.2. The fourth-order valence-corrected chi connectivity index (χ4v) is 3.80. The molecule has 6 heteroatoms. The summed E-state index contributed by atoms with van der Waals surface area (Å²) < 4.78 is 2.05. The van der Waals surface area contributed by atoms with Crippen LogP contribution in [-0.4, -0.2) is 38.5 Å². The molecule has 1 N–H and O–H groups in total. The van der Waals surface area contributed by atoms with Crippen molar-refractivity contribution in [3.05, 3.63) is 0 Å². The SMILES string of the molecule is CCNC(CC)CCCSc1nnnn1C1CCCC1. The van der Waals surface area contributed by atoms with Gasteiger partial charge in [-0.2, -0.15) is 0 Å². The first kappa shape index (κ1) is 15.8. The van der Waals surface area contributed by atoms with Crippen molar-refractivity contribution < 1.29 is 0 Å². The Morgan fingerprint density at radius 2 is 2.15 bits per heavy atom. The van der Waals surface area contributed by atoms with Gasteiger partial charge in [0.25, 0.3) is 0 Å². The van der Waals surface area contributed by atoms with E-state index in [2.05, 4.69) is 39.4 Å². The molecule has 1 aromatic heterocycles. The molecule has 0 spiro atoms. The lowest BCUT2D eigenvalue weighted by Gasteiger charge is -2.15. The fraction of sp³-hybridized carbons (Fsp3) is 0.929. The Hall–Kier alpha value is -0.620. The van der Waals surface area contributed by atoms with Gasteiger partial charge >= 0.3 is 0 Å². The molecule has 1 heterocycles.